The molecule has 1 aliphatic carbocycles. The van der Waals surface area contributed by atoms with Crippen LogP contribution in [0.5, 0.6) is 0 Å². The molecule has 3 aromatic rings. The molecule has 2 heterocycles. The number of nitrogens with one attached hydrogen (secondary N) is 1. The first-order valence-corrected chi connectivity index (χ1v) is 14.3. The fraction of sp³-hybridized carbons (Fsp3) is 0.424. The number of halogens is 1. The standard InChI is InChI=1S/C33H37FN2O5/c1-33(2)19-27(41-32(39)36-24-16-22-6-3-4-9-30(22)35-20-24)14-15-29(33)28(21-10-12-23(34)13-11-21)8-5-7-26-17-25(37)18-31(38)40-26/h3-4,6,9-13,15-16,20,25-28,37H,5,7-8,14,17-19H2,1-2H3,(H,36,39)/t25-,26-,27?,28?/m0/s1. The first kappa shape index (κ1) is 28.7. The van der Waals surface area contributed by atoms with Gasteiger partial charge in [-0.05, 0) is 60.9 Å². The molecule has 1 aromatic heterocycles. The van der Waals surface area contributed by atoms with Crippen molar-refractivity contribution < 1.29 is 28.6 Å². The van der Waals surface area contributed by atoms with Crippen LogP contribution in [0.1, 0.15) is 70.3 Å². The lowest BCUT2D eigenvalue weighted by atomic mass is 9.67. The zero-order valence-corrected chi connectivity index (χ0v) is 23.5. The summed E-state index contributed by atoms with van der Waals surface area (Å²) in [6.07, 6.45) is 5.98. The molecule has 4 atom stereocenters. The van der Waals surface area contributed by atoms with Crippen LogP contribution in [0.25, 0.3) is 10.9 Å². The van der Waals surface area contributed by atoms with Gasteiger partial charge in [0, 0.05) is 24.1 Å². The van der Waals surface area contributed by atoms with E-state index in [1.165, 1.54) is 17.7 Å². The van der Waals surface area contributed by atoms with Crippen LogP contribution in [-0.2, 0) is 14.3 Å². The van der Waals surface area contributed by atoms with Crippen LogP contribution in [0.4, 0.5) is 14.9 Å². The summed E-state index contributed by atoms with van der Waals surface area (Å²) >= 11 is 0. The molecule has 0 spiro atoms. The van der Waals surface area contributed by atoms with Crippen molar-refractivity contribution in [2.24, 2.45) is 5.41 Å². The lowest BCUT2D eigenvalue weighted by molar-refractivity contribution is -0.160. The van der Waals surface area contributed by atoms with Gasteiger partial charge >= 0.3 is 12.1 Å². The number of anilines is 1. The summed E-state index contributed by atoms with van der Waals surface area (Å²) in [4.78, 5) is 28.9. The van der Waals surface area contributed by atoms with Crippen LogP contribution in [-0.4, -0.2) is 40.5 Å². The zero-order chi connectivity index (χ0) is 29.0. The minimum atomic E-state index is -0.652. The molecule has 0 saturated carbocycles. The fourth-order valence-corrected chi connectivity index (χ4v) is 6.23. The maximum Gasteiger partial charge on any atom is 0.411 e. The third-order valence-corrected chi connectivity index (χ3v) is 8.13. The number of fused-ring (bicyclic) bond motifs is 1. The highest BCUT2D eigenvalue weighted by atomic mass is 19.1. The molecule has 2 aliphatic rings. The number of aliphatic hydroxyl groups excluding tert-OH is 1. The topological polar surface area (TPSA) is 97.8 Å². The number of carbonyl (C=O) groups excluding carboxylic acids is 2. The minimum absolute atomic E-state index is 0.0354. The molecule has 8 heteroatoms. The second-order valence-corrected chi connectivity index (χ2v) is 11.8. The van der Waals surface area contributed by atoms with Gasteiger partial charge in [0.05, 0.1) is 29.9 Å². The van der Waals surface area contributed by atoms with Crippen LogP contribution in [0, 0.1) is 11.2 Å². The van der Waals surface area contributed by atoms with Gasteiger partial charge in [0.25, 0.3) is 0 Å². The number of hydrogen-bond acceptors (Lipinski definition) is 6. The first-order chi connectivity index (χ1) is 19.7. The van der Waals surface area contributed by atoms with Gasteiger partial charge in [0.1, 0.15) is 18.0 Å². The molecule has 1 amide bonds. The van der Waals surface area contributed by atoms with Gasteiger partial charge in [-0.3, -0.25) is 15.1 Å². The van der Waals surface area contributed by atoms with Crippen LogP contribution in [0.15, 0.2) is 72.4 Å². The molecule has 7 nitrogen and oxygen atoms in total. The van der Waals surface area contributed by atoms with Crippen molar-refractivity contribution in [3.8, 4) is 0 Å². The average Bonchev–Trinajstić information content (AvgIpc) is 2.91. The van der Waals surface area contributed by atoms with Crippen molar-refractivity contribution in [1.82, 2.24) is 4.98 Å². The van der Waals surface area contributed by atoms with E-state index in [-0.39, 0.29) is 41.7 Å². The Morgan fingerprint density at radius 1 is 1.22 bits per heavy atom. The SMILES string of the molecule is CC1(C)CC(OC(=O)Nc2cnc3ccccc3c2)CC=C1C(CCC[C@H]1C[C@H](O)CC(=O)O1)c1ccc(F)cc1. The number of cyclic esters (lactones) is 1. The van der Waals surface area contributed by atoms with Crippen molar-refractivity contribution in [1.29, 1.82) is 0 Å². The number of carbonyl (C=O) groups is 2. The summed E-state index contributed by atoms with van der Waals surface area (Å²) in [5, 5.41) is 13.7. The number of hydrogen-bond donors (Lipinski definition) is 2. The lowest BCUT2D eigenvalue weighted by Gasteiger charge is -2.40. The smallest absolute Gasteiger partial charge is 0.411 e. The summed E-state index contributed by atoms with van der Waals surface area (Å²) in [5.41, 5.74) is 3.40. The van der Waals surface area contributed by atoms with E-state index in [9.17, 15) is 19.1 Å². The van der Waals surface area contributed by atoms with Gasteiger partial charge in [-0.25, -0.2) is 9.18 Å². The zero-order valence-electron chi connectivity index (χ0n) is 23.5. The van der Waals surface area contributed by atoms with Gasteiger partial charge in [-0.1, -0.05) is 55.8 Å². The summed E-state index contributed by atoms with van der Waals surface area (Å²) in [7, 11) is 0. The highest BCUT2D eigenvalue weighted by molar-refractivity contribution is 5.89. The summed E-state index contributed by atoms with van der Waals surface area (Å²) < 4.78 is 25.0. The highest BCUT2D eigenvalue weighted by Crippen LogP contribution is 2.47. The summed E-state index contributed by atoms with van der Waals surface area (Å²) in [6, 6.07) is 16.2. The molecule has 1 saturated heterocycles. The molecule has 2 unspecified atom stereocenters. The predicted molar refractivity (Wildman–Crippen MR) is 155 cm³/mol. The Morgan fingerprint density at radius 3 is 2.76 bits per heavy atom. The number of esters is 1. The molecule has 0 radical (unpaired) electrons. The highest BCUT2D eigenvalue weighted by Gasteiger charge is 2.37. The number of aliphatic hydroxyl groups is 1. The largest absolute Gasteiger partial charge is 0.462 e. The van der Waals surface area contributed by atoms with Crippen LogP contribution in [0.2, 0.25) is 0 Å². The van der Waals surface area contributed by atoms with Gasteiger partial charge in [-0.15, -0.1) is 0 Å². The number of pyridine rings is 1. The number of nitrogens with zero attached hydrogens (tertiary/aromatic N) is 1. The van der Waals surface area contributed by atoms with Crippen molar-refractivity contribution in [2.75, 3.05) is 5.32 Å². The average molecular weight is 561 g/mol. The lowest BCUT2D eigenvalue weighted by Crippen LogP contribution is -2.34. The van der Waals surface area contributed by atoms with E-state index in [0.717, 1.165) is 29.3 Å². The molecule has 5 rings (SSSR count). The van der Waals surface area contributed by atoms with Crippen molar-refractivity contribution in [3.63, 3.8) is 0 Å². The Morgan fingerprint density at radius 2 is 2.00 bits per heavy atom. The molecule has 2 aromatic carbocycles. The van der Waals surface area contributed by atoms with Gasteiger partial charge in [0.15, 0.2) is 0 Å². The van der Waals surface area contributed by atoms with E-state index in [1.54, 1.807) is 6.20 Å². The summed E-state index contributed by atoms with van der Waals surface area (Å²) in [6.45, 7) is 4.30. The number of para-hydroxylation sites is 1. The van der Waals surface area contributed by atoms with Gasteiger partial charge in [-0.2, -0.15) is 0 Å². The Labute approximate surface area is 239 Å². The van der Waals surface area contributed by atoms with E-state index >= 15 is 0 Å². The fourth-order valence-electron chi connectivity index (χ4n) is 6.23. The first-order valence-electron chi connectivity index (χ1n) is 14.3. The number of aromatic nitrogens is 1. The Hall–Kier alpha value is -3.78. The molecule has 0 bridgehead atoms. The maximum atomic E-state index is 13.8. The van der Waals surface area contributed by atoms with Crippen molar-refractivity contribution in [2.45, 2.75) is 83.0 Å². The second kappa shape index (κ2) is 12.4. The van der Waals surface area contributed by atoms with Gasteiger partial charge < -0.3 is 14.6 Å². The number of benzene rings is 2. The van der Waals surface area contributed by atoms with E-state index in [0.29, 0.717) is 31.4 Å². The molecule has 41 heavy (non-hydrogen) atoms. The number of amides is 1. The Kier molecular flexibility index (Phi) is 8.68. The molecule has 1 fully saturated rings. The third-order valence-electron chi connectivity index (χ3n) is 8.13. The predicted octanol–water partition coefficient (Wildman–Crippen LogP) is 7.06. The number of allylic oxidation sites excluding steroid dienone is 1. The minimum Gasteiger partial charge on any atom is -0.462 e. The maximum absolute atomic E-state index is 13.8. The molecular weight excluding hydrogens is 523 g/mol. The van der Waals surface area contributed by atoms with Crippen LogP contribution in [0.3, 0.4) is 0 Å². The van der Waals surface area contributed by atoms with Crippen LogP contribution >= 0.6 is 0 Å². The monoisotopic (exact) mass is 560 g/mol. The summed E-state index contributed by atoms with van der Waals surface area (Å²) in [5.74, 6) is -0.603. The molecule has 2 N–H and O–H groups in total. The van der Waals surface area contributed by atoms with Gasteiger partial charge in [0.2, 0.25) is 0 Å². The van der Waals surface area contributed by atoms with Crippen molar-refractivity contribution in [3.05, 3.63) is 83.8 Å². The normalized spacial score (nSPS) is 22.9. The second-order valence-electron chi connectivity index (χ2n) is 11.8. The van der Waals surface area contributed by atoms with E-state index in [1.807, 2.05) is 42.5 Å². The van der Waals surface area contributed by atoms with Crippen LogP contribution < -0.4 is 5.32 Å². The molecular formula is C33H37FN2O5. The van der Waals surface area contributed by atoms with E-state index < -0.39 is 12.2 Å². The quantitative estimate of drug-likeness (QED) is 0.226. The Bertz CT molecular complexity index is 1420. The van der Waals surface area contributed by atoms with E-state index in [2.05, 4.69) is 30.2 Å². The molecule has 1 aliphatic heterocycles. The number of ether oxygens (including phenoxy) is 2. The Balaban J connectivity index is 1.25. The van der Waals surface area contributed by atoms with E-state index in [4.69, 9.17) is 9.47 Å². The number of rotatable bonds is 8. The third kappa shape index (κ3) is 7.30. The molecule has 216 valence electrons. The van der Waals surface area contributed by atoms with Crippen molar-refractivity contribution >= 4 is 28.7 Å².